The Labute approximate surface area is 161 Å². The molecule has 0 spiro atoms. The third-order valence-corrected chi connectivity index (χ3v) is 6.69. The molecule has 3 N–H and O–H groups in total. The number of nitrogens with one attached hydrogen (secondary N) is 1. The topological polar surface area (TPSA) is 66.5 Å². The van der Waals surface area contributed by atoms with E-state index in [4.69, 9.17) is 5.73 Å². The predicted molar refractivity (Wildman–Crippen MR) is 113 cm³/mol. The van der Waals surface area contributed by atoms with Crippen molar-refractivity contribution in [3.63, 3.8) is 0 Å². The van der Waals surface area contributed by atoms with Gasteiger partial charge < -0.3 is 16.0 Å². The largest absolute Gasteiger partial charge is 0.383 e. The summed E-state index contributed by atoms with van der Waals surface area (Å²) in [7, 11) is 2.22. The van der Waals surface area contributed by atoms with Crippen LogP contribution in [0.1, 0.15) is 24.1 Å². The van der Waals surface area contributed by atoms with E-state index >= 15 is 0 Å². The highest BCUT2D eigenvalue weighted by Gasteiger charge is 2.20. The van der Waals surface area contributed by atoms with Gasteiger partial charge in [-0.25, -0.2) is 9.98 Å². The summed E-state index contributed by atoms with van der Waals surface area (Å²) in [6.07, 6.45) is 3.80. The maximum atomic E-state index is 6.09. The predicted octanol–water partition coefficient (Wildman–Crippen LogP) is 4.29. The van der Waals surface area contributed by atoms with E-state index in [9.17, 15) is 0 Å². The summed E-state index contributed by atoms with van der Waals surface area (Å²) in [6.45, 7) is 2.19. The number of hydrogen-bond donors (Lipinski definition) is 2. The maximum Gasteiger partial charge on any atom is 0.183 e. The van der Waals surface area contributed by atoms with Crippen molar-refractivity contribution in [2.75, 3.05) is 25.5 Å². The van der Waals surface area contributed by atoms with Crippen LogP contribution in [0.15, 0.2) is 40.7 Å². The molecule has 1 saturated heterocycles. The molecule has 4 rings (SSSR count). The van der Waals surface area contributed by atoms with Crippen LogP contribution in [-0.2, 0) is 0 Å². The first-order valence-electron chi connectivity index (χ1n) is 8.92. The van der Waals surface area contributed by atoms with Crippen molar-refractivity contribution >= 4 is 49.5 Å². The van der Waals surface area contributed by atoms with Gasteiger partial charge in [0.25, 0.3) is 0 Å². The Hall–Kier alpha value is -1.96. The van der Waals surface area contributed by atoms with Crippen molar-refractivity contribution < 1.29 is 0 Å². The fourth-order valence-electron chi connectivity index (χ4n) is 3.37. The summed E-state index contributed by atoms with van der Waals surface area (Å²) < 4.78 is 1.13. The van der Waals surface area contributed by atoms with Gasteiger partial charge in [-0.3, -0.25) is 0 Å². The average Bonchev–Trinajstić information content (AvgIpc) is 3.36. The Kier molecular flexibility index (Phi) is 5.19. The number of likely N-dealkylation sites (tertiary alicyclic amines) is 1. The molecule has 3 heterocycles. The SMILES string of the molecule is CN1CCC[C@H]1CCNc1nc2ccc(N=C(N)c3cccs3)cc2s1. The quantitative estimate of drug-likeness (QED) is 0.491. The third-order valence-electron chi connectivity index (χ3n) is 4.82. The zero-order valence-electron chi connectivity index (χ0n) is 14.8. The highest BCUT2D eigenvalue weighted by Crippen LogP contribution is 2.30. The highest BCUT2D eigenvalue weighted by atomic mass is 32.1. The van der Waals surface area contributed by atoms with Crippen LogP contribution in [0.5, 0.6) is 0 Å². The molecule has 1 aliphatic rings. The maximum absolute atomic E-state index is 6.09. The highest BCUT2D eigenvalue weighted by molar-refractivity contribution is 7.22. The summed E-state index contributed by atoms with van der Waals surface area (Å²) >= 11 is 3.27. The summed E-state index contributed by atoms with van der Waals surface area (Å²) in [5.74, 6) is 0.558. The van der Waals surface area contributed by atoms with Crippen molar-refractivity contribution in [1.29, 1.82) is 0 Å². The van der Waals surface area contributed by atoms with Gasteiger partial charge in [-0.1, -0.05) is 17.4 Å². The van der Waals surface area contributed by atoms with E-state index in [2.05, 4.69) is 33.3 Å². The van der Waals surface area contributed by atoms with Gasteiger partial charge in [0.2, 0.25) is 0 Å². The summed E-state index contributed by atoms with van der Waals surface area (Å²) in [5, 5.41) is 6.47. The Morgan fingerprint density at radius 1 is 1.42 bits per heavy atom. The zero-order chi connectivity index (χ0) is 17.9. The fourth-order valence-corrected chi connectivity index (χ4v) is 4.92. The molecule has 1 aromatic carbocycles. The molecule has 3 aromatic rings. The number of thiophene rings is 1. The summed E-state index contributed by atoms with van der Waals surface area (Å²) in [4.78, 5) is 12.7. The Morgan fingerprint density at radius 2 is 2.35 bits per heavy atom. The molecule has 1 aliphatic heterocycles. The van der Waals surface area contributed by atoms with E-state index < -0.39 is 0 Å². The lowest BCUT2D eigenvalue weighted by Gasteiger charge is -2.18. The molecular weight excluding hydrogens is 362 g/mol. The van der Waals surface area contributed by atoms with Crippen molar-refractivity contribution in [2.45, 2.75) is 25.3 Å². The van der Waals surface area contributed by atoms with Crippen molar-refractivity contribution in [2.24, 2.45) is 10.7 Å². The van der Waals surface area contributed by atoms with Crippen LogP contribution in [0.25, 0.3) is 10.2 Å². The van der Waals surface area contributed by atoms with Crippen LogP contribution in [0.3, 0.4) is 0 Å². The van der Waals surface area contributed by atoms with Gasteiger partial charge in [-0.15, -0.1) is 11.3 Å². The van der Waals surface area contributed by atoms with Gasteiger partial charge >= 0.3 is 0 Å². The van der Waals surface area contributed by atoms with E-state index in [1.54, 1.807) is 22.7 Å². The van der Waals surface area contributed by atoms with Crippen LogP contribution >= 0.6 is 22.7 Å². The van der Waals surface area contributed by atoms with E-state index in [-0.39, 0.29) is 0 Å². The minimum absolute atomic E-state index is 0.558. The van der Waals surface area contributed by atoms with Crippen LogP contribution in [-0.4, -0.2) is 41.9 Å². The van der Waals surface area contributed by atoms with Crippen LogP contribution in [0, 0.1) is 0 Å². The second kappa shape index (κ2) is 7.73. The molecule has 26 heavy (non-hydrogen) atoms. The van der Waals surface area contributed by atoms with Gasteiger partial charge in [0, 0.05) is 12.6 Å². The Bertz CT molecular complexity index is 900. The number of anilines is 1. The van der Waals surface area contributed by atoms with E-state index in [0.717, 1.165) is 32.5 Å². The van der Waals surface area contributed by atoms with Gasteiger partial charge in [0.15, 0.2) is 5.13 Å². The molecule has 0 bridgehead atoms. The molecule has 1 fully saturated rings. The average molecular weight is 386 g/mol. The molecule has 0 amide bonds. The van der Waals surface area contributed by atoms with Crippen LogP contribution < -0.4 is 11.1 Å². The number of fused-ring (bicyclic) bond motifs is 1. The smallest absolute Gasteiger partial charge is 0.183 e. The first-order chi connectivity index (χ1) is 12.7. The number of rotatable bonds is 6. The van der Waals surface area contributed by atoms with Crippen LogP contribution in [0.4, 0.5) is 10.8 Å². The molecule has 136 valence electrons. The lowest BCUT2D eigenvalue weighted by Crippen LogP contribution is -2.26. The third kappa shape index (κ3) is 3.90. The number of thiazole rings is 1. The van der Waals surface area contributed by atoms with E-state index in [0.29, 0.717) is 11.9 Å². The Balaban J connectivity index is 1.43. The van der Waals surface area contributed by atoms with E-state index in [1.165, 1.54) is 25.8 Å². The summed E-state index contributed by atoms with van der Waals surface area (Å²) in [5.41, 5.74) is 7.96. The van der Waals surface area contributed by atoms with Crippen molar-refractivity contribution in [3.8, 4) is 0 Å². The number of benzene rings is 1. The standard InChI is InChI=1S/C19H23N5S2/c1-24-10-2-4-14(24)8-9-21-19-23-15-7-6-13(12-17(15)26-19)22-18(20)16-5-3-11-25-16/h3,5-7,11-12,14H,2,4,8-10H2,1H3,(H2,20,22)(H,21,23)/t14-/m0/s1. The van der Waals surface area contributed by atoms with Gasteiger partial charge in [0.1, 0.15) is 5.84 Å². The molecule has 0 saturated carbocycles. The second-order valence-electron chi connectivity index (χ2n) is 6.64. The normalized spacial score (nSPS) is 18.7. The monoisotopic (exact) mass is 385 g/mol. The minimum Gasteiger partial charge on any atom is -0.383 e. The van der Waals surface area contributed by atoms with Gasteiger partial charge in [-0.05, 0) is 62.5 Å². The first-order valence-corrected chi connectivity index (χ1v) is 10.6. The molecule has 0 unspecified atom stereocenters. The number of nitrogens with two attached hydrogens (primary N) is 1. The number of aliphatic imine (C=N–C) groups is 1. The molecule has 0 aliphatic carbocycles. The lowest BCUT2D eigenvalue weighted by molar-refractivity contribution is 0.301. The number of nitrogens with zero attached hydrogens (tertiary/aromatic N) is 3. The molecule has 0 radical (unpaired) electrons. The molecule has 7 heteroatoms. The van der Waals surface area contributed by atoms with Gasteiger partial charge in [-0.2, -0.15) is 0 Å². The van der Waals surface area contributed by atoms with Crippen molar-refractivity contribution in [3.05, 3.63) is 40.6 Å². The molecule has 5 nitrogen and oxygen atoms in total. The molecule has 1 atom stereocenters. The fraction of sp³-hybridized carbons (Fsp3) is 0.368. The lowest BCUT2D eigenvalue weighted by atomic mass is 10.1. The number of amidine groups is 1. The second-order valence-corrected chi connectivity index (χ2v) is 8.62. The van der Waals surface area contributed by atoms with Gasteiger partial charge in [0.05, 0.1) is 20.8 Å². The summed E-state index contributed by atoms with van der Waals surface area (Å²) in [6, 6.07) is 10.7. The molecule has 2 aromatic heterocycles. The zero-order valence-corrected chi connectivity index (χ0v) is 16.4. The Morgan fingerprint density at radius 3 is 3.12 bits per heavy atom. The molecular formula is C19H23N5S2. The van der Waals surface area contributed by atoms with E-state index in [1.807, 2.05) is 29.6 Å². The minimum atomic E-state index is 0.558. The van der Waals surface area contributed by atoms with Crippen LogP contribution in [0.2, 0.25) is 0 Å². The number of hydrogen-bond acceptors (Lipinski definition) is 6. The van der Waals surface area contributed by atoms with Crippen molar-refractivity contribution in [1.82, 2.24) is 9.88 Å². The number of aromatic nitrogens is 1. The first kappa shape index (κ1) is 17.5.